The van der Waals surface area contributed by atoms with Crippen molar-refractivity contribution in [1.82, 2.24) is 0 Å². The number of rotatable bonds is 5. The van der Waals surface area contributed by atoms with E-state index in [2.05, 4.69) is 0 Å². The fourth-order valence-electron chi connectivity index (χ4n) is 1.11. The van der Waals surface area contributed by atoms with Crippen LogP contribution in [0, 0.1) is 0 Å². The van der Waals surface area contributed by atoms with E-state index in [1.165, 1.54) is 0 Å². The molecule has 1 aromatic carbocycles. The predicted molar refractivity (Wildman–Crippen MR) is 59.8 cm³/mol. The van der Waals surface area contributed by atoms with Crippen LogP contribution in [-0.2, 0) is 9.84 Å². The Morgan fingerprint density at radius 1 is 1.27 bits per heavy atom. The van der Waals surface area contributed by atoms with Gasteiger partial charge in [0.2, 0.25) is 0 Å². The zero-order valence-electron chi connectivity index (χ0n) is 8.14. The van der Waals surface area contributed by atoms with E-state index < -0.39 is 15.9 Å². The summed E-state index contributed by atoms with van der Waals surface area (Å²) in [7, 11) is -3.28. The van der Waals surface area contributed by atoms with Crippen LogP contribution in [-0.4, -0.2) is 31.3 Å². The summed E-state index contributed by atoms with van der Waals surface area (Å²) < 4.78 is 23.4. The zero-order chi connectivity index (χ0) is 11.3. The van der Waals surface area contributed by atoms with Crippen LogP contribution in [0.1, 0.15) is 6.42 Å². The fraction of sp³-hybridized carbons (Fsp3) is 0.400. The molecule has 1 aromatic rings. The van der Waals surface area contributed by atoms with Crippen LogP contribution in [0.2, 0.25) is 0 Å². The van der Waals surface area contributed by atoms with E-state index in [0.717, 1.165) is 0 Å². The Morgan fingerprint density at radius 3 is 2.40 bits per heavy atom. The molecule has 0 saturated carbocycles. The number of benzene rings is 1. The number of hydrogen-bond acceptors (Lipinski definition) is 3. The summed E-state index contributed by atoms with van der Waals surface area (Å²) >= 11 is 5.38. The van der Waals surface area contributed by atoms with Crippen molar-refractivity contribution in [2.24, 2.45) is 0 Å². The summed E-state index contributed by atoms with van der Waals surface area (Å²) in [5.41, 5.74) is 0. The van der Waals surface area contributed by atoms with Crippen molar-refractivity contribution in [3.05, 3.63) is 30.3 Å². The molecule has 0 aliphatic heterocycles. The Bertz CT molecular complexity index is 388. The second kappa shape index (κ2) is 5.49. The topological polar surface area (TPSA) is 54.4 Å². The van der Waals surface area contributed by atoms with Crippen molar-refractivity contribution in [2.45, 2.75) is 17.4 Å². The molecule has 5 heteroatoms. The highest BCUT2D eigenvalue weighted by atomic mass is 35.5. The molecule has 0 aliphatic carbocycles. The van der Waals surface area contributed by atoms with Crippen molar-refractivity contribution in [3.63, 3.8) is 0 Å². The molecule has 15 heavy (non-hydrogen) atoms. The van der Waals surface area contributed by atoms with Gasteiger partial charge in [0.25, 0.3) is 0 Å². The van der Waals surface area contributed by atoms with Gasteiger partial charge in [-0.2, -0.15) is 0 Å². The van der Waals surface area contributed by atoms with Crippen LogP contribution in [0.25, 0.3) is 0 Å². The van der Waals surface area contributed by atoms with Gasteiger partial charge in [-0.1, -0.05) is 18.2 Å². The van der Waals surface area contributed by atoms with Crippen LogP contribution in [0.15, 0.2) is 35.2 Å². The van der Waals surface area contributed by atoms with Gasteiger partial charge in [-0.05, 0) is 18.6 Å². The predicted octanol–water partition coefficient (Wildman–Crippen LogP) is 1.45. The second-order valence-corrected chi connectivity index (χ2v) is 5.65. The first kappa shape index (κ1) is 12.5. The molecule has 0 radical (unpaired) electrons. The summed E-state index contributed by atoms with van der Waals surface area (Å²) in [5.74, 6) is -0.0186. The monoisotopic (exact) mass is 248 g/mol. The lowest BCUT2D eigenvalue weighted by molar-refractivity contribution is 0.194. The molecule has 0 spiro atoms. The smallest absolute Gasteiger partial charge is 0.178 e. The van der Waals surface area contributed by atoms with Crippen LogP contribution >= 0.6 is 11.6 Å². The molecule has 0 aromatic heterocycles. The van der Waals surface area contributed by atoms with Crippen molar-refractivity contribution < 1.29 is 13.5 Å². The maximum absolute atomic E-state index is 11.7. The third-order valence-corrected chi connectivity index (χ3v) is 4.12. The molecular formula is C10H13ClO3S. The van der Waals surface area contributed by atoms with Gasteiger partial charge in [-0.25, -0.2) is 8.42 Å². The quantitative estimate of drug-likeness (QED) is 0.803. The second-order valence-electron chi connectivity index (χ2n) is 3.23. The maximum Gasteiger partial charge on any atom is 0.178 e. The van der Waals surface area contributed by atoms with Gasteiger partial charge in [-0.3, -0.25) is 0 Å². The minimum absolute atomic E-state index is 0.0598. The largest absolute Gasteiger partial charge is 0.392 e. The Morgan fingerprint density at radius 2 is 1.87 bits per heavy atom. The molecule has 0 bridgehead atoms. The number of sulfone groups is 1. The molecule has 0 unspecified atom stereocenters. The molecule has 0 aliphatic rings. The molecule has 84 valence electrons. The van der Waals surface area contributed by atoms with Crippen molar-refractivity contribution in [1.29, 1.82) is 0 Å². The third kappa shape index (κ3) is 3.81. The molecule has 1 rings (SSSR count). The number of hydrogen-bond donors (Lipinski definition) is 1. The van der Waals surface area contributed by atoms with E-state index in [0.29, 0.717) is 0 Å². The molecule has 0 fully saturated rings. The van der Waals surface area contributed by atoms with Gasteiger partial charge in [0.15, 0.2) is 9.84 Å². The number of halogens is 1. The van der Waals surface area contributed by atoms with Crippen molar-refractivity contribution in [2.75, 3.05) is 11.6 Å². The van der Waals surface area contributed by atoms with E-state index in [-0.39, 0.29) is 22.9 Å². The van der Waals surface area contributed by atoms with Crippen LogP contribution in [0.3, 0.4) is 0 Å². The van der Waals surface area contributed by atoms with Gasteiger partial charge >= 0.3 is 0 Å². The number of alkyl halides is 1. The zero-order valence-corrected chi connectivity index (χ0v) is 9.71. The third-order valence-electron chi connectivity index (χ3n) is 2.00. The molecule has 0 heterocycles. The Labute approximate surface area is 94.6 Å². The first-order valence-corrected chi connectivity index (χ1v) is 6.77. The lowest BCUT2D eigenvalue weighted by atomic mass is 10.3. The lowest BCUT2D eigenvalue weighted by Crippen LogP contribution is -2.16. The molecule has 0 amide bonds. The highest BCUT2D eigenvalue weighted by Gasteiger charge is 2.15. The number of aliphatic hydroxyl groups is 1. The van der Waals surface area contributed by atoms with Crippen LogP contribution in [0.5, 0.6) is 0 Å². The Kier molecular flexibility index (Phi) is 4.57. The van der Waals surface area contributed by atoms with E-state index in [4.69, 9.17) is 11.6 Å². The van der Waals surface area contributed by atoms with Gasteiger partial charge in [0.1, 0.15) is 0 Å². The van der Waals surface area contributed by atoms with E-state index in [1.807, 2.05) is 0 Å². The SMILES string of the molecule is O=S(=O)(CC[C@@H](O)CCl)c1ccccc1. The first-order chi connectivity index (χ1) is 7.06. The summed E-state index contributed by atoms with van der Waals surface area (Å²) in [5, 5.41) is 9.17. The molecule has 3 nitrogen and oxygen atoms in total. The highest BCUT2D eigenvalue weighted by molar-refractivity contribution is 7.91. The van der Waals surface area contributed by atoms with Crippen molar-refractivity contribution in [3.8, 4) is 0 Å². The van der Waals surface area contributed by atoms with E-state index >= 15 is 0 Å². The van der Waals surface area contributed by atoms with Crippen LogP contribution in [0.4, 0.5) is 0 Å². The fourth-order valence-corrected chi connectivity index (χ4v) is 2.66. The minimum atomic E-state index is -3.28. The molecular weight excluding hydrogens is 236 g/mol. The summed E-state index contributed by atoms with van der Waals surface area (Å²) in [4.78, 5) is 0.284. The molecule has 1 atom stereocenters. The maximum atomic E-state index is 11.7. The average Bonchev–Trinajstić information content (AvgIpc) is 2.27. The van der Waals surface area contributed by atoms with Gasteiger partial charge in [0, 0.05) is 5.88 Å². The summed E-state index contributed by atoms with van der Waals surface area (Å²) in [6, 6.07) is 8.19. The van der Waals surface area contributed by atoms with Crippen molar-refractivity contribution >= 4 is 21.4 Å². The average molecular weight is 249 g/mol. The first-order valence-electron chi connectivity index (χ1n) is 4.58. The minimum Gasteiger partial charge on any atom is -0.392 e. The summed E-state index contributed by atoms with van der Waals surface area (Å²) in [6.45, 7) is 0. The summed E-state index contributed by atoms with van der Waals surface area (Å²) in [6.07, 6.45) is -0.592. The standard InChI is InChI=1S/C10H13ClO3S/c11-8-9(12)6-7-15(13,14)10-4-2-1-3-5-10/h1-5,9,12H,6-8H2/t9-/m1/s1. The number of aliphatic hydroxyl groups excluding tert-OH is 1. The van der Waals surface area contributed by atoms with E-state index in [1.54, 1.807) is 30.3 Å². The molecule has 0 saturated heterocycles. The van der Waals surface area contributed by atoms with Gasteiger partial charge < -0.3 is 5.11 Å². The Balaban J connectivity index is 2.69. The Hall–Kier alpha value is -0.580. The lowest BCUT2D eigenvalue weighted by Gasteiger charge is -2.07. The van der Waals surface area contributed by atoms with E-state index in [9.17, 15) is 13.5 Å². The van der Waals surface area contributed by atoms with Crippen LogP contribution < -0.4 is 0 Å². The normalized spacial score (nSPS) is 13.7. The molecule has 1 N–H and O–H groups in total. The highest BCUT2D eigenvalue weighted by Crippen LogP contribution is 2.12. The van der Waals surface area contributed by atoms with Gasteiger partial charge in [0.05, 0.1) is 16.8 Å². The van der Waals surface area contributed by atoms with Gasteiger partial charge in [-0.15, -0.1) is 11.6 Å².